The molecule has 0 aromatic heterocycles. The molecule has 0 atom stereocenters. The van der Waals surface area contributed by atoms with Crippen molar-refractivity contribution in [2.75, 3.05) is 6.54 Å². The van der Waals surface area contributed by atoms with Gasteiger partial charge in [-0.3, -0.25) is 0 Å². The molecule has 0 fully saturated rings. The predicted octanol–water partition coefficient (Wildman–Crippen LogP) is 6.31. The normalized spacial score (nSPS) is 11.6. The first-order valence-electron chi connectivity index (χ1n) is 8.28. The van der Waals surface area contributed by atoms with E-state index in [0.29, 0.717) is 5.92 Å². The minimum absolute atomic E-state index is 0.565. The van der Waals surface area contributed by atoms with E-state index in [1.165, 1.54) is 17.1 Å². The maximum atomic E-state index is 2.29. The molecule has 116 valence electrons. The molecule has 0 aliphatic carbocycles. The van der Waals surface area contributed by atoms with Gasteiger partial charge in [-0.05, 0) is 36.4 Å². The van der Waals surface area contributed by atoms with Gasteiger partial charge in [0.2, 0.25) is 0 Å². The summed E-state index contributed by atoms with van der Waals surface area (Å²) in [4.78, 5) is 0. The van der Waals surface area contributed by atoms with Crippen molar-refractivity contribution in [3.05, 3.63) is 91.0 Å². The number of para-hydroxylation sites is 3. The Balaban J connectivity index is 2.30. The standard InChI is InChI=1S/C22H24N/c1-19(2)18-23(20-12-6-3-7-13-20,21-14-8-4-9-15-21)22-16-10-5-11-17-22/h3-17,19H,18H2,1-2H3/q+1. The molecule has 3 aromatic carbocycles. The van der Waals surface area contributed by atoms with Crippen LogP contribution in [0.3, 0.4) is 0 Å². The topological polar surface area (TPSA) is 0 Å². The van der Waals surface area contributed by atoms with Crippen molar-refractivity contribution in [1.29, 1.82) is 0 Å². The lowest BCUT2D eigenvalue weighted by molar-refractivity contribution is 0.435. The van der Waals surface area contributed by atoms with E-state index in [1.807, 2.05) is 0 Å². The fourth-order valence-electron chi connectivity index (χ4n) is 3.36. The van der Waals surface area contributed by atoms with Gasteiger partial charge in [-0.15, -0.1) is 0 Å². The summed E-state index contributed by atoms with van der Waals surface area (Å²) in [6.07, 6.45) is 0. The van der Waals surface area contributed by atoms with Gasteiger partial charge in [-0.25, -0.2) is 4.48 Å². The molecule has 3 rings (SSSR count). The molecule has 0 N–H and O–H groups in total. The average molecular weight is 302 g/mol. The maximum Gasteiger partial charge on any atom is 0.143 e. The zero-order valence-corrected chi connectivity index (χ0v) is 13.9. The van der Waals surface area contributed by atoms with Crippen LogP contribution < -0.4 is 4.48 Å². The van der Waals surface area contributed by atoms with Crippen LogP contribution in [0.4, 0.5) is 17.1 Å². The number of quaternary nitrogens is 1. The second-order valence-electron chi connectivity index (χ2n) is 6.39. The first-order valence-corrected chi connectivity index (χ1v) is 8.28. The van der Waals surface area contributed by atoms with E-state index < -0.39 is 0 Å². The Morgan fingerprint density at radius 2 is 0.870 bits per heavy atom. The van der Waals surface area contributed by atoms with Crippen molar-refractivity contribution in [3.8, 4) is 0 Å². The lowest BCUT2D eigenvalue weighted by Gasteiger charge is -2.38. The Bertz CT molecular complexity index is 621. The summed E-state index contributed by atoms with van der Waals surface area (Å²) < 4.78 is 0.750. The van der Waals surface area contributed by atoms with Gasteiger partial charge < -0.3 is 0 Å². The lowest BCUT2D eigenvalue weighted by atomic mass is 10.0. The van der Waals surface area contributed by atoms with Crippen LogP contribution in [0.1, 0.15) is 13.8 Å². The summed E-state index contributed by atoms with van der Waals surface area (Å²) in [5, 5.41) is 0. The zero-order valence-electron chi connectivity index (χ0n) is 13.9. The molecule has 0 aliphatic rings. The number of benzene rings is 3. The maximum absolute atomic E-state index is 2.29. The third-order valence-electron chi connectivity index (χ3n) is 4.23. The highest BCUT2D eigenvalue weighted by molar-refractivity contribution is 5.70. The summed E-state index contributed by atoms with van der Waals surface area (Å²) in [6.45, 7) is 5.61. The molecule has 0 saturated heterocycles. The van der Waals surface area contributed by atoms with Crippen molar-refractivity contribution in [1.82, 2.24) is 4.48 Å². The number of hydrogen-bond acceptors (Lipinski definition) is 0. The van der Waals surface area contributed by atoms with Crippen molar-refractivity contribution in [2.45, 2.75) is 13.8 Å². The summed E-state index contributed by atoms with van der Waals surface area (Å²) in [5.41, 5.74) is 3.91. The number of rotatable bonds is 5. The molecule has 0 spiro atoms. The van der Waals surface area contributed by atoms with Gasteiger partial charge in [0.25, 0.3) is 0 Å². The van der Waals surface area contributed by atoms with Gasteiger partial charge in [0.1, 0.15) is 17.1 Å². The minimum Gasteiger partial charge on any atom is -0.226 e. The molecule has 3 aromatic rings. The highest BCUT2D eigenvalue weighted by Crippen LogP contribution is 2.44. The second-order valence-corrected chi connectivity index (χ2v) is 6.39. The van der Waals surface area contributed by atoms with Gasteiger partial charge in [0, 0.05) is 5.92 Å². The van der Waals surface area contributed by atoms with Crippen LogP contribution in [0.15, 0.2) is 91.0 Å². The van der Waals surface area contributed by atoms with E-state index in [0.717, 1.165) is 11.0 Å². The highest BCUT2D eigenvalue weighted by Gasteiger charge is 2.36. The van der Waals surface area contributed by atoms with Gasteiger partial charge in [0.15, 0.2) is 0 Å². The quantitative estimate of drug-likeness (QED) is 0.484. The van der Waals surface area contributed by atoms with E-state index in [-0.39, 0.29) is 0 Å². The summed E-state index contributed by atoms with van der Waals surface area (Å²) in [6, 6.07) is 32.5. The van der Waals surface area contributed by atoms with Crippen LogP contribution in [0.25, 0.3) is 0 Å². The van der Waals surface area contributed by atoms with Crippen molar-refractivity contribution in [3.63, 3.8) is 0 Å². The van der Waals surface area contributed by atoms with Crippen molar-refractivity contribution < 1.29 is 0 Å². The second kappa shape index (κ2) is 6.80. The molecule has 0 amide bonds. The Hall–Kier alpha value is -2.38. The fraction of sp³-hybridized carbons (Fsp3) is 0.182. The molecule has 0 bridgehead atoms. The molecular weight excluding hydrogens is 278 g/mol. The summed E-state index contributed by atoms with van der Waals surface area (Å²) in [5.74, 6) is 0.565. The first kappa shape index (κ1) is 15.5. The van der Waals surface area contributed by atoms with E-state index >= 15 is 0 Å². The van der Waals surface area contributed by atoms with Crippen LogP contribution in [0.2, 0.25) is 0 Å². The molecule has 0 heterocycles. The van der Waals surface area contributed by atoms with Crippen LogP contribution in [-0.4, -0.2) is 6.54 Å². The molecule has 23 heavy (non-hydrogen) atoms. The van der Waals surface area contributed by atoms with Crippen molar-refractivity contribution in [2.24, 2.45) is 5.92 Å². The molecule has 1 heteroatoms. The Kier molecular flexibility index (Phi) is 4.59. The smallest absolute Gasteiger partial charge is 0.143 e. The average Bonchev–Trinajstić information content (AvgIpc) is 2.62. The number of hydrogen-bond donors (Lipinski definition) is 0. The molecular formula is C22H24N+. The lowest BCUT2D eigenvalue weighted by Crippen LogP contribution is -2.42. The first-order chi connectivity index (χ1) is 11.2. The van der Waals surface area contributed by atoms with Gasteiger partial charge >= 0.3 is 0 Å². The van der Waals surface area contributed by atoms with Gasteiger partial charge in [-0.2, -0.15) is 0 Å². The largest absolute Gasteiger partial charge is 0.226 e. The minimum atomic E-state index is 0.565. The van der Waals surface area contributed by atoms with Gasteiger partial charge in [-0.1, -0.05) is 68.4 Å². The van der Waals surface area contributed by atoms with Crippen LogP contribution >= 0.6 is 0 Å². The molecule has 0 radical (unpaired) electrons. The Morgan fingerprint density at radius 1 is 0.565 bits per heavy atom. The van der Waals surface area contributed by atoms with Crippen LogP contribution in [0, 0.1) is 5.92 Å². The number of nitrogens with zero attached hydrogens (tertiary/aromatic N) is 1. The Morgan fingerprint density at radius 3 is 1.13 bits per heavy atom. The summed E-state index contributed by atoms with van der Waals surface area (Å²) in [7, 11) is 0. The molecule has 1 nitrogen and oxygen atoms in total. The van der Waals surface area contributed by atoms with Crippen LogP contribution in [0.5, 0.6) is 0 Å². The monoisotopic (exact) mass is 302 g/mol. The van der Waals surface area contributed by atoms with Crippen LogP contribution in [-0.2, 0) is 0 Å². The molecule has 0 aliphatic heterocycles. The highest BCUT2D eigenvalue weighted by atomic mass is 15.4. The SMILES string of the molecule is CC(C)C[N+](c1ccccc1)(c1ccccc1)c1ccccc1. The third-order valence-corrected chi connectivity index (χ3v) is 4.23. The fourth-order valence-corrected chi connectivity index (χ4v) is 3.36. The van der Waals surface area contributed by atoms with E-state index in [9.17, 15) is 0 Å². The van der Waals surface area contributed by atoms with E-state index in [2.05, 4.69) is 105 Å². The third kappa shape index (κ3) is 3.06. The summed E-state index contributed by atoms with van der Waals surface area (Å²) >= 11 is 0. The molecule has 0 unspecified atom stereocenters. The predicted molar refractivity (Wildman–Crippen MR) is 100 cm³/mol. The zero-order chi connectivity index (χ0) is 16.1. The van der Waals surface area contributed by atoms with E-state index in [1.54, 1.807) is 0 Å². The van der Waals surface area contributed by atoms with Gasteiger partial charge in [0.05, 0.1) is 6.54 Å². The van der Waals surface area contributed by atoms with E-state index in [4.69, 9.17) is 0 Å². The van der Waals surface area contributed by atoms with Crippen molar-refractivity contribution >= 4 is 17.1 Å². The Labute approximate surface area is 139 Å². The molecule has 0 saturated carbocycles.